The fourth-order valence-electron chi connectivity index (χ4n) is 4.78. The third-order valence-electron chi connectivity index (χ3n) is 6.32. The molecule has 1 fully saturated rings. The lowest BCUT2D eigenvalue weighted by atomic mass is 10.0. The summed E-state index contributed by atoms with van der Waals surface area (Å²) in [5, 5.41) is 2.06. The molecule has 1 aliphatic carbocycles. The molecular weight excluding hydrogens is 354 g/mol. The molecule has 3 nitrogen and oxygen atoms in total. The van der Waals surface area contributed by atoms with E-state index in [2.05, 4.69) is 51.3 Å². The molecule has 0 atom stereocenters. The van der Waals surface area contributed by atoms with Crippen LogP contribution in [0.2, 0.25) is 5.02 Å². The summed E-state index contributed by atoms with van der Waals surface area (Å²) in [4.78, 5) is 8.52. The average molecular weight is 380 g/mol. The summed E-state index contributed by atoms with van der Waals surface area (Å²) >= 11 is 6.11. The van der Waals surface area contributed by atoms with Gasteiger partial charge in [0.05, 0.1) is 5.69 Å². The number of fused-ring (bicyclic) bond motifs is 2. The number of benzene rings is 2. The van der Waals surface area contributed by atoms with Crippen molar-refractivity contribution in [1.29, 1.82) is 0 Å². The Kier molecular flexibility index (Phi) is 4.58. The van der Waals surface area contributed by atoms with Crippen LogP contribution in [0.4, 0.5) is 5.69 Å². The summed E-state index contributed by atoms with van der Waals surface area (Å²) in [7, 11) is 0. The molecule has 2 aliphatic rings. The number of H-pyrrole nitrogens is 1. The quantitative estimate of drug-likeness (QED) is 0.706. The zero-order chi connectivity index (χ0) is 18.2. The maximum Gasteiger partial charge on any atom is 0.0624 e. The van der Waals surface area contributed by atoms with Crippen molar-refractivity contribution in [1.82, 2.24) is 9.88 Å². The Hall–Kier alpha value is -1.97. The summed E-state index contributed by atoms with van der Waals surface area (Å²) in [6.45, 7) is 5.73. The largest absolute Gasteiger partial charge is 0.367 e. The molecular formula is C23H26ClN3. The van der Waals surface area contributed by atoms with Crippen molar-refractivity contribution < 1.29 is 0 Å². The number of nitrogens with zero attached hydrogens (tertiary/aromatic N) is 2. The van der Waals surface area contributed by atoms with Gasteiger partial charge >= 0.3 is 0 Å². The lowest BCUT2D eigenvalue weighted by Gasteiger charge is -2.36. The Morgan fingerprint density at radius 1 is 0.963 bits per heavy atom. The van der Waals surface area contributed by atoms with Crippen molar-refractivity contribution in [3.8, 4) is 0 Å². The van der Waals surface area contributed by atoms with Gasteiger partial charge in [0.15, 0.2) is 0 Å². The number of halogens is 1. The normalized spacial score (nSPS) is 18.3. The fraction of sp³-hybridized carbons (Fsp3) is 0.391. The van der Waals surface area contributed by atoms with Crippen molar-refractivity contribution in [3.63, 3.8) is 0 Å². The number of anilines is 1. The van der Waals surface area contributed by atoms with E-state index in [1.165, 1.54) is 36.9 Å². The first-order valence-corrected chi connectivity index (χ1v) is 10.4. The predicted molar refractivity (Wildman–Crippen MR) is 114 cm³/mol. The predicted octanol–water partition coefficient (Wildman–Crippen LogP) is 4.75. The first kappa shape index (κ1) is 17.2. The van der Waals surface area contributed by atoms with Crippen molar-refractivity contribution in [2.45, 2.75) is 19.3 Å². The van der Waals surface area contributed by atoms with Crippen LogP contribution in [-0.4, -0.2) is 42.6 Å². The SMILES string of the molecule is Clc1ccc2c(N3CCN(CCC4Cc5ccccc5C4)CC3)c[nH]c2c1. The van der Waals surface area contributed by atoms with Gasteiger partial charge in [-0.05, 0) is 61.1 Å². The lowest BCUT2D eigenvalue weighted by molar-refractivity contribution is 0.239. The zero-order valence-electron chi connectivity index (χ0n) is 15.6. The Morgan fingerprint density at radius 2 is 1.70 bits per heavy atom. The van der Waals surface area contributed by atoms with Gasteiger partial charge in [0, 0.05) is 48.3 Å². The van der Waals surface area contributed by atoms with Crippen LogP contribution in [0.1, 0.15) is 17.5 Å². The standard InChI is InChI=1S/C23H26ClN3/c24-20-5-6-21-22(15-20)25-16-23(21)27-11-9-26(10-12-27)8-7-17-13-18-3-1-2-4-19(18)14-17/h1-6,15-17,25H,7-14H2. The monoisotopic (exact) mass is 379 g/mol. The van der Waals surface area contributed by atoms with Crippen molar-refractivity contribution in [2.75, 3.05) is 37.6 Å². The molecule has 5 rings (SSSR count). The molecule has 2 aromatic carbocycles. The van der Waals surface area contributed by atoms with Gasteiger partial charge in [-0.25, -0.2) is 0 Å². The molecule has 140 valence electrons. The fourth-order valence-corrected chi connectivity index (χ4v) is 4.95. The molecule has 1 aliphatic heterocycles. The highest BCUT2D eigenvalue weighted by Crippen LogP contribution is 2.31. The number of nitrogens with one attached hydrogen (secondary N) is 1. The summed E-state index contributed by atoms with van der Waals surface area (Å²) in [5.41, 5.74) is 5.59. The summed E-state index contributed by atoms with van der Waals surface area (Å²) in [6.07, 6.45) is 5.99. The van der Waals surface area contributed by atoms with Crippen LogP contribution < -0.4 is 4.90 Å². The Morgan fingerprint density at radius 3 is 2.44 bits per heavy atom. The maximum absolute atomic E-state index is 6.11. The Bertz CT molecular complexity index is 915. The number of hydrogen-bond donors (Lipinski definition) is 1. The number of rotatable bonds is 4. The molecule has 0 radical (unpaired) electrons. The second-order valence-electron chi connectivity index (χ2n) is 8.02. The molecule has 0 unspecified atom stereocenters. The first-order chi connectivity index (χ1) is 13.3. The topological polar surface area (TPSA) is 22.3 Å². The molecule has 0 bridgehead atoms. The summed E-state index contributed by atoms with van der Waals surface area (Å²) < 4.78 is 0. The number of hydrogen-bond acceptors (Lipinski definition) is 2. The molecule has 27 heavy (non-hydrogen) atoms. The van der Waals surface area contributed by atoms with Gasteiger partial charge in [0.1, 0.15) is 0 Å². The van der Waals surface area contributed by atoms with Crippen LogP contribution in [0.25, 0.3) is 10.9 Å². The lowest BCUT2D eigenvalue weighted by Crippen LogP contribution is -2.46. The average Bonchev–Trinajstić information content (AvgIpc) is 3.30. The van der Waals surface area contributed by atoms with E-state index in [-0.39, 0.29) is 0 Å². The minimum atomic E-state index is 0.787. The van der Waals surface area contributed by atoms with Crippen LogP contribution in [-0.2, 0) is 12.8 Å². The maximum atomic E-state index is 6.11. The van der Waals surface area contributed by atoms with E-state index >= 15 is 0 Å². The van der Waals surface area contributed by atoms with E-state index in [9.17, 15) is 0 Å². The van der Waals surface area contributed by atoms with Crippen molar-refractivity contribution >= 4 is 28.2 Å². The second-order valence-corrected chi connectivity index (χ2v) is 8.46. The van der Waals surface area contributed by atoms with Gasteiger partial charge in [0.25, 0.3) is 0 Å². The minimum absolute atomic E-state index is 0.787. The summed E-state index contributed by atoms with van der Waals surface area (Å²) in [6, 6.07) is 15.1. The second kappa shape index (κ2) is 7.21. The molecule has 0 amide bonds. The van der Waals surface area contributed by atoms with Gasteiger partial charge in [-0.3, -0.25) is 4.90 Å². The Labute approximate surface area is 165 Å². The van der Waals surface area contributed by atoms with Crippen molar-refractivity contribution in [3.05, 3.63) is 64.8 Å². The van der Waals surface area contributed by atoms with Crippen LogP contribution in [0.15, 0.2) is 48.7 Å². The molecule has 1 aromatic heterocycles. The Balaban J connectivity index is 1.15. The van der Waals surface area contributed by atoms with Crippen molar-refractivity contribution in [2.24, 2.45) is 5.92 Å². The third kappa shape index (κ3) is 3.46. The van der Waals surface area contributed by atoms with Gasteiger partial charge < -0.3 is 9.88 Å². The van der Waals surface area contributed by atoms with Gasteiger partial charge in [-0.15, -0.1) is 0 Å². The first-order valence-electron chi connectivity index (χ1n) is 10.1. The van der Waals surface area contributed by atoms with E-state index in [4.69, 9.17) is 11.6 Å². The van der Waals surface area contributed by atoms with E-state index in [1.807, 2.05) is 12.1 Å². The highest BCUT2D eigenvalue weighted by Gasteiger charge is 2.23. The van der Waals surface area contributed by atoms with Crippen LogP contribution in [0, 0.1) is 5.92 Å². The van der Waals surface area contributed by atoms with Gasteiger partial charge in [-0.2, -0.15) is 0 Å². The van der Waals surface area contributed by atoms with E-state index in [0.29, 0.717) is 0 Å². The third-order valence-corrected chi connectivity index (χ3v) is 6.56. The molecule has 4 heteroatoms. The highest BCUT2D eigenvalue weighted by atomic mass is 35.5. The molecule has 3 aromatic rings. The molecule has 1 saturated heterocycles. The molecule has 0 saturated carbocycles. The smallest absolute Gasteiger partial charge is 0.0624 e. The van der Waals surface area contributed by atoms with E-state index in [0.717, 1.165) is 42.6 Å². The van der Waals surface area contributed by atoms with Gasteiger partial charge in [-0.1, -0.05) is 35.9 Å². The molecule has 2 heterocycles. The van der Waals surface area contributed by atoms with Gasteiger partial charge in [0.2, 0.25) is 0 Å². The number of aromatic amines is 1. The highest BCUT2D eigenvalue weighted by molar-refractivity contribution is 6.31. The number of piperazine rings is 1. The van der Waals surface area contributed by atoms with Crippen LogP contribution in [0.5, 0.6) is 0 Å². The minimum Gasteiger partial charge on any atom is -0.367 e. The molecule has 1 N–H and O–H groups in total. The van der Waals surface area contributed by atoms with Crippen LogP contribution in [0.3, 0.4) is 0 Å². The number of aromatic nitrogens is 1. The molecule has 0 spiro atoms. The zero-order valence-corrected chi connectivity index (χ0v) is 16.4. The van der Waals surface area contributed by atoms with E-state index in [1.54, 1.807) is 11.1 Å². The van der Waals surface area contributed by atoms with E-state index < -0.39 is 0 Å². The summed E-state index contributed by atoms with van der Waals surface area (Å²) in [5.74, 6) is 0.832. The van der Waals surface area contributed by atoms with Crippen LogP contribution >= 0.6 is 11.6 Å².